The summed E-state index contributed by atoms with van der Waals surface area (Å²) in [4.78, 5) is 31.9. The largest absolute Gasteiger partial charge is 0.394 e. The van der Waals surface area contributed by atoms with Crippen molar-refractivity contribution in [2.75, 3.05) is 6.61 Å². The van der Waals surface area contributed by atoms with E-state index in [1.807, 2.05) is 0 Å². The average Bonchev–Trinajstić information content (AvgIpc) is 2.89. The van der Waals surface area contributed by atoms with Crippen molar-refractivity contribution >= 4 is 29.4 Å². The summed E-state index contributed by atoms with van der Waals surface area (Å²) in [6.45, 7) is 0.720. The molecule has 11 heteroatoms. The fourth-order valence-corrected chi connectivity index (χ4v) is 2.64. The number of ether oxygens (including phenoxy) is 1. The van der Waals surface area contributed by atoms with Crippen LogP contribution in [0.4, 0.5) is 4.79 Å². The molecule has 118 valence electrons. The van der Waals surface area contributed by atoms with Crippen LogP contribution >= 0.6 is 0 Å². The highest BCUT2D eigenvalue weighted by Crippen LogP contribution is 2.36. The summed E-state index contributed by atoms with van der Waals surface area (Å²) in [6, 6.07) is -0.925. The van der Waals surface area contributed by atoms with Crippen molar-refractivity contribution in [1.82, 2.24) is 10.2 Å². The highest BCUT2D eigenvalue weighted by atomic mass is 16.6. The molecule has 0 aliphatic carbocycles. The smallest absolute Gasteiger partial charge is 0.352 e. The minimum atomic E-state index is -1.79. The normalized spacial score (nSPS) is 37.9. The maximum atomic E-state index is 12.1. The zero-order chi connectivity index (χ0) is 16.2. The van der Waals surface area contributed by atoms with Crippen LogP contribution in [0.25, 0.3) is 0 Å². The third kappa shape index (κ3) is 1.80. The van der Waals surface area contributed by atoms with Gasteiger partial charge in [0.05, 0.1) is 6.61 Å². The van der Waals surface area contributed by atoms with Crippen molar-refractivity contribution in [2.45, 2.75) is 31.0 Å². The highest BCUT2D eigenvalue weighted by Gasteiger charge is 2.59. The number of aliphatic hydroxyl groups excluding tert-OH is 3. The lowest BCUT2D eigenvalue weighted by Crippen LogP contribution is -2.60. The molecule has 0 aromatic rings. The summed E-state index contributed by atoms with van der Waals surface area (Å²) in [7, 11) is 0. The zero-order valence-corrected chi connectivity index (χ0v) is 11.3. The van der Waals surface area contributed by atoms with E-state index in [0.29, 0.717) is 0 Å². The number of nitrogens with one attached hydrogen (secondary N) is 2. The molecule has 3 aliphatic heterocycles. The van der Waals surface area contributed by atoms with Gasteiger partial charge >= 0.3 is 6.03 Å². The van der Waals surface area contributed by atoms with E-state index in [1.165, 1.54) is 6.92 Å². The Balaban J connectivity index is 2.04. The minimum absolute atomic E-state index is 0.244. The summed E-state index contributed by atoms with van der Waals surface area (Å²) in [6.07, 6.45) is -4.12. The van der Waals surface area contributed by atoms with Crippen LogP contribution in [0, 0.1) is 5.41 Å². The first-order valence-corrected chi connectivity index (χ1v) is 6.36. The second-order valence-corrected chi connectivity index (χ2v) is 5.15. The number of fused-ring (bicyclic) bond motifs is 1. The van der Waals surface area contributed by atoms with E-state index in [4.69, 9.17) is 15.3 Å². The Morgan fingerprint density at radius 2 is 2.09 bits per heavy atom. The fourth-order valence-electron chi connectivity index (χ4n) is 2.64. The van der Waals surface area contributed by atoms with Gasteiger partial charge in [-0.05, 0) is 6.92 Å². The van der Waals surface area contributed by atoms with Gasteiger partial charge in [0.25, 0.3) is 5.91 Å². The number of carbonyl (C=O) groups is 2. The SMILES string of the molecule is C[C@@]1(N2C(=O)N=C3C(=O)NC(=N)N=C32)O[C@H](CO)[C@@H](O)[C@H]1O. The Kier molecular flexibility index (Phi) is 3.11. The van der Waals surface area contributed by atoms with Crippen molar-refractivity contribution in [3.63, 3.8) is 0 Å². The Bertz CT molecular complexity index is 645. The van der Waals surface area contributed by atoms with Crippen LogP contribution < -0.4 is 5.32 Å². The molecule has 22 heavy (non-hydrogen) atoms. The number of guanidine groups is 1. The molecule has 5 N–H and O–H groups in total. The zero-order valence-electron chi connectivity index (χ0n) is 11.3. The molecular weight excluding hydrogens is 298 g/mol. The van der Waals surface area contributed by atoms with Gasteiger partial charge in [-0.15, -0.1) is 0 Å². The Morgan fingerprint density at radius 3 is 2.68 bits per heavy atom. The van der Waals surface area contributed by atoms with Gasteiger partial charge in [-0.25, -0.2) is 9.69 Å². The average molecular weight is 311 g/mol. The second kappa shape index (κ2) is 4.64. The summed E-state index contributed by atoms with van der Waals surface area (Å²) in [5.41, 5.74) is -2.09. The summed E-state index contributed by atoms with van der Waals surface area (Å²) in [5, 5.41) is 38.7. The summed E-state index contributed by atoms with van der Waals surface area (Å²) in [5.74, 6) is -1.51. The van der Waals surface area contributed by atoms with Crippen molar-refractivity contribution in [3.8, 4) is 0 Å². The Hall–Kier alpha value is -2.21. The topological polar surface area (TPSA) is 168 Å². The van der Waals surface area contributed by atoms with E-state index in [9.17, 15) is 19.8 Å². The van der Waals surface area contributed by atoms with Gasteiger partial charge in [-0.1, -0.05) is 0 Å². The first kappa shape index (κ1) is 14.7. The molecule has 1 saturated heterocycles. The standard InChI is InChI=1S/C11H13N5O6/c1-11(6(19)5(18)3(2-17)22-11)16-7-4(13-10(16)21)8(20)15-9(12)14-7/h3,5-6,17-19H,2H2,1H3,(H2,12,15,20)/t3-,5-,6-,11-/m1/s1. The van der Waals surface area contributed by atoms with E-state index in [0.717, 1.165) is 4.90 Å². The lowest BCUT2D eigenvalue weighted by atomic mass is 10.0. The van der Waals surface area contributed by atoms with Gasteiger partial charge in [-0.2, -0.15) is 9.98 Å². The van der Waals surface area contributed by atoms with Crippen molar-refractivity contribution in [3.05, 3.63) is 0 Å². The molecule has 3 amide bonds. The third-order valence-electron chi connectivity index (χ3n) is 3.75. The summed E-state index contributed by atoms with van der Waals surface area (Å²) < 4.78 is 5.40. The molecule has 3 heterocycles. The van der Waals surface area contributed by atoms with Gasteiger partial charge < -0.3 is 20.1 Å². The second-order valence-electron chi connectivity index (χ2n) is 5.15. The van der Waals surface area contributed by atoms with Crippen molar-refractivity contribution in [2.24, 2.45) is 9.98 Å². The molecule has 0 aromatic heterocycles. The van der Waals surface area contributed by atoms with Gasteiger partial charge in [0.1, 0.15) is 18.3 Å². The quantitative estimate of drug-likeness (QED) is 0.368. The van der Waals surface area contributed by atoms with Crippen LogP contribution in [0.3, 0.4) is 0 Å². The predicted octanol–water partition coefficient (Wildman–Crippen LogP) is -2.84. The Morgan fingerprint density at radius 1 is 1.41 bits per heavy atom. The Labute approximate surface area is 123 Å². The number of aliphatic imine (C=N–C) groups is 2. The van der Waals surface area contributed by atoms with Crippen LogP contribution in [-0.2, 0) is 9.53 Å². The monoisotopic (exact) mass is 311 g/mol. The van der Waals surface area contributed by atoms with Gasteiger partial charge in [-0.3, -0.25) is 15.5 Å². The fraction of sp³-hybridized carbons (Fsp3) is 0.545. The van der Waals surface area contributed by atoms with Crippen LogP contribution in [-0.4, -0.2) is 80.3 Å². The molecular formula is C11H13N5O6. The molecule has 0 aromatic carbocycles. The van der Waals surface area contributed by atoms with E-state index in [1.54, 1.807) is 0 Å². The van der Waals surface area contributed by atoms with E-state index in [2.05, 4.69) is 15.3 Å². The van der Waals surface area contributed by atoms with Crippen molar-refractivity contribution < 1.29 is 29.6 Å². The number of aliphatic hydroxyl groups is 3. The maximum Gasteiger partial charge on any atom is 0.352 e. The van der Waals surface area contributed by atoms with E-state index < -0.39 is 48.5 Å². The van der Waals surface area contributed by atoms with Crippen LogP contribution in [0.5, 0.6) is 0 Å². The molecule has 11 nitrogen and oxygen atoms in total. The number of nitrogens with zero attached hydrogens (tertiary/aromatic N) is 3. The lowest BCUT2D eigenvalue weighted by Gasteiger charge is -2.36. The third-order valence-corrected chi connectivity index (χ3v) is 3.75. The van der Waals surface area contributed by atoms with E-state index in [-0.39, 0.29) is 11.5 Å². The minimum Gasteiger partial charge on any atom is -0.394 e. The van der Waals surface area contributed by atoms with Crippen LogP contribution in [0.1, 0.15) is 6.92 Å². The number of rotatable bonds is 2. The number of hydrogen-bond acceptors (Lipinski definition) is 7. The molecule has 1 fully saturated rings. The van der Waals surface area contributed by atoms with E-state index >= 15 is 0 Å². The number of urea groups is 1. The van der Waals surface area contributed by atoms with Crippen LogP contribution in [0.2, 0.25) is 0 Å². The first-order chi connectivity index (χ1) is 10.3. The molecule has 3 rings (SSSR count). The molecule has 0 unspecified atom stereocenters. The number of carbonyl (C=O) groups excluding carboxylic acids is 2. The maximum absolute atomic E-state index is 12.1. The van der Waals surface area contributed by atoms with Gasteiger partial charge in [0.15, 0.2) is 17.3 Å². The number of amides is 3. The predicted molar refractivity (Wildman–Crippen MR) is 70.4 cm³/mol. The summed E-state index contributed by atoms with van der Waals surface area (Å²) >= 11 is 0. The number of hydrogen-bond donors (Lipinski definition) is 5. The molecule has 0 bridgehead atoms. The number of amidine groups is 1. The molecule has 4 atom stereocenters. The van der Waals surface area contributed by atoms with Gasteiger partial charge in [0.2, 0.25) is 5.96 Å². The molecule has 0 radical (unpaired) electrons. The van der Waals surface area contributed by atoms with Crippen molar-refractivity contribution in [1.29, 1.82) is 5.41 Å². The molecule has 3 aliphatic rings. The molecule has 0 spiro atoms. The van der Waals surface area contributed by atoms with Gasteiger partial charge in [0, 0.05) is 0 Å². The van der Waals surface area contributed by atoms with Crippen LogP contribution in [0.15, 0.2) is 9.98 Å². The molecule has 0 saturated carbocycles. The lowest BCUT2D eigenvalue weighted by molar-refractivity contribution is -0.132. The highest BCUT2D eigenvalue weighted by molar-refractivity contribution is 6.72. The first-order valence-electron chi connectivity index (χ1n) is 6.36.